The highest BCUT2D eigenvalue weighted by molar-refractivity contribution is 7.91. The Morgan fingerprint density at radius 1 is 1.27 bits per heavy atom. The van der Waals surface area contributed by atoms with Gasteiger partial charge in [-0.25, -0.2) is 8.42 Å². The lowest BCUT2D eigenvalue weighted by molar-refractivity contribution is 0.0572. The fourth-order valence-corrected chi connectivity index (χ4v) is 6.47. The van der Waals surface area contributed by atoms with Crippen LogP contribution in [0.2, 0.25) is 0 Å². The number of sulfonamides is 1. The molecule has 0 saturated carbocycles. The van der Waals surface area contributed by atoms with E-state index in [-0.39, 0.29) is 6.04 Å². The Bertz CT molecular complexity index is 700. The van der Waals surface area contributed by atoms with E-state index < -0.39 is 10.0 Å². The molecule has 2 aromatic rings. The molecule has 22 heavy (non-hydrogen) atoms. The normalized spacial score (nSPS) is 17.2. The molecule has 3 rings (SSSR count). The standard InChI is InChI=1S/C15H19NO3S3/c1-12-4-5-15(21-12)22(17,18)16(11-14-3-2-10-20-14)13-6-8-19-9-7-13/h2-5,10,13H,6-9,11H2,1H3. The number of aryl methyl sites for hydroxylation is 1. The first kappa shape index (κ1) is 16.1. The molecule has 7 heteroatoms. The Labute approximate surface area is 139 Å². The van der Waals surface area contributed by atoms with Gasteiger partial charge >= 0.3 is 0 Å². The smallest absolute Gasteiger partial charge is 0.253 e. The van der Waals surface area contributed by atoms with Gasteiger partial charge in [0.1, 0.15) is 4.21 Å². The van der Waals surface area contributed by atoms with Gasteiger partial charge in [-0.05, 0) is 43.3 Å². The second kappa shape index (κ2) is 6.80. The summed E-state index contributed by atoms with van der Waals surface area (Å²) in [7, 11) is -3.45. The third-order valence-corrected chi connectivity index (χ3v) is 8.00. The monoisotopic (exact) mass is 357 g/mol. The van der Waals surface area contributed by atoms with E-state index >= 15 is 0 Å². The highest BCUT2D eigenvalue weighted by atomic mass is 32.2. The van der Waals surface area contributed by atoms with Crippen LogP contribution < -0.4 is 0 Å². The van der Waals surface area contributed by atoms with Crippen molar-refractivity contribution in [3.63, 3.8) is 0 Å². The molecule has 0 spiro atoms. The number of hydrogen-bond acceptors (Lipinski definition) is 5. The topological polar surface area (TPSA) is 46.6 Å². The predicted octanol–water partition coefficient (Wildman–Crippen LogP) is 3.49. The van der Waals surface area contributed by atoms with Crippen molar-refractivity contribution in [3.8, 4) is 0 Å². The van der Waals surface area contributed by atoms with Gasteiger partial charge in [0.2, 0.25) is 0 Å². The minimum Gasteiger partial charge on any atom is -0.381 e. The Hall–Kier alpha value is -0.730. The third kappa shape index (κ3) is 3.44. The minimum absolute atomic E-state index is 0.0169. The molecule has 0 amide bonds. The fraction of sp³-hybridized carbons (Fsp3) is 0.467. The summed E-state index contributed by atoms with van der Waals surface area (Å²) in [4.78, 5) is 2.09. The van der Waals surface area contributed by atoms with Crippen molar-refractivity contribution in [3.05, 3.63) is 39.4 Å². The van der Waals surface area contributed by atoms with Gasteiger partial charge in [0, 0.05) is 35.6 Å². The lowest BCUT2D eigenvalue weighted by Gasteiger charge is -2.32. The van der Waals surface area contributed by atoms with Crippen molar-refractivity contribution in [2.24, 2.45) is 0 Å². The zero-order chi connectivity index (χ0) is 15.6. The quantitative estimate of drug-likeness (QED) is 0.823. The van der Waals surface area contributed by atoms with Crippen LogP contribution in [0.1, 0.15) is 22.6 Å². The molecule has 2 aromatic heterocycles. The summed E-state index contributed by atoms with van der Waals surface area (Å²) in [6.45, 7) is 3.64. The molecule has 0 unspecified atom stereocenters. The first-order valence-electron chi connectivity index (χ1n) is 7.26. The molecule has 1 fully saturated rings. The number of nitrogens with zero attached hydrogens (tertiary/aromatic N) is 1. The minimum atomic E-state index is -3.45. The lowest BCUT2D eigenvalue weighted by Crippen LogP contribution is -2.42. The lowest BCUT2D eigenvalue weighted by atomic mass is 10.1. The summed E-state index contributed by atoms with van der Waals surface area (Å²) in [5.74, 6) is 0. The van der Waals surface area contributed by atoms with E-state index in [4.69, 9.17) is 4.74 Å². The van der Waals surface area contributed by atoms with Crippen molar-refractivity contribution >= 4 is 32.7 Å². The molecule has 0 aliphatic carbocycles. The molecule has 1 aliphatic heterocycles. The zero-order valence-electron chi connectivity index (χ0n) is 12.4. The van der Waals surface area contributed by atoms with Crippen molar-refractivity contribution in [1.82, 2.24) is 4.31 Å². The zero-order valence-corrected chi connectivity index (χ0v) is 14.8. The largest absolute Gasteiger partial charge is 0.381 e. The van der Waals surface area contributed by atoms with Crippen LogP contribution in [-0.2, 0) is 21.3 Å². The molecule has 3 heterocycles. The van der Waals surface area contributed by atoms with Gasteiger partial charge in [-0.3, -0.25) is 0 Å². The summed E-state index contributed by atoms with van der Waals surface area (Å²) >= 11 is 2.94. The van der Waals surface area contributed by atoms with E-state index in [0.29, 0.717) is 24.0 Å². The Morgan fingerprint density at radius 2 is 2.05 bits per heavy atom. The molecule has 4 nitrogen and oxygen atoms in total. The summed E-state index contributed by atoms with van der Waals surface area (Å²) < 4.78 is 33.6. The van der Waals surface area contributed by atoms with Crippen LogP contribution in [0, 0.1) is 6.92 Å². The van der Waals surface area contributed by atoms with Crippen LogP contribution in [0.5, 0.6) is 0 Å². The van der Waals surface area contributed by atoms with Crippen LogP contribution in [0.4, 0.5) is 0 Å². The summed E-state index contributed by atoms with van der Waals surface area (Å²) in [6.07, 6.45) is 1.52. The molecule has 1 aliphatic rings. The summed E-state index contributed by atoms with van der Waals surface area (Å²) in [5.41, 5.74) is 0. The molecule has 0 N–H and O–H groups in total. The SMILES string of the molecule is Cc1ccc(S(=O)(=O)N(Cc2cccs2)C2CCOCC2)s1. The molecule has 0 atom stereocenters. The van der Waals surface area contributed by atoms with Crippen molar-refractivity contribution in [1.29, 1.82) is 0 Å². The molecule has 0 aromatic carbocycles. The maximum Gasteiger partial charge on any atom is 0.253 e. The Balaban J connectivity index is 1.92. The first-order chi connectivity index (χ1) is 10.6. The first-order valence-corrected chi connectivity index (χ1v) is 10.4. The van der Waals surface area contributed by atoms with Gasteiger partial charge in [0.05, 0.1) is 0 Å². The molecule has 0 radical (unpaired) electrons. The molecule has 1 saturated heterocycles. The van der Waals surface area contributed by atoms with Gasteiger partial charge in [-0.15, -0.1) is 22.7 Å². The molecule has 0 bridgehead atoms. The van der Waals surface area contributed by atoms with Crippen molar-refractivity contribution < 1.29 is 13.2 Å². The van der Waals surface area contributed by atoms with Crippen LogP contribution in [0.15, 0.2) is 33.9 Å². The van der Waals surface area contributed by atoms with Crippen molar-refractivity contribution in [2.45, 2.75) is 36.6 Å². The number of ether oxygens (including phenoxy) is 1. The van der Waals surface area contributed by atoms with E-state index in [1.54, 1.807) is 21.7 Å². The second-order valence-electron chi connectivity index (χ2n) is 5.34. The van der Waals surface area contributed by atoms with Gasteiger partial charge in [-0.1, -0.05) is 6.07 Å². The van der Waals surface area contributed by atoms with E-state index in [9.17, 15) is 8.42 Å². The Morgan fingerprint density at radius 3 is 2.64 bits per heavy atom. The highest BCUT2D eigenvalue weighted by Crippen LogP contribution is 2.30. The summed E-state index contributed by atoms with van der Waals surface area (Å²) in [6, 6.07) is 7.56. The predicted molar refractivity (Wildman–Crippen MR) is 89.9 cm³/mol. The van der Waals surface area contributed by atoms with E-state index in [2.05, 4.69) is 0 Å². The highest BCUT2D eigenvalue weighted by Gasteiger charge is 2.33. The summed E-state index contributed by atoms with van der Waals surface area (Å²) in [5, 5.41) is 1.99. The van der Waals surface area contributed by atoms with E-state index in [1.807, 2.05) is 30.5 Å². The second-order valence-corrected chi connectivity index (χ2v) is 9.78. The van der Waals surface area contributed by atoms with E-state index in [0.717, 1.165) is 22.6 Å². The van der Waals surface area contributed by atoms with Gasteiger partial charge in [0.15, 0.2) is 0 Å². The molecular weight excluding hydrogens is 338 g/mol. The maximum absolute atomic E-state index is 13.1. The van der Waals surface area contributed by atoms with Gasteiger partial charge in [0.25, 0.3) is 10.0 Å². The maximum atomic E-state index is 13.1. The number of thiophene rings is 2. The van der Waals surface area contributed by atoms with Gasteiger partial charge < -0.3 is 4.74 Å². The van der Waals surface area contributed by atoms with Crippen LogP contribution in [-0.4, -0.2) is 32.0 Å². The number of rotatable bonds is 5. The molecule has 120 valence electrons. The van der Waals surface area contributed by atoms with Gasteiger partial charge in [-0.2, -0.15) is 4.31 Å². The average molecular weight is 358 g/mol. The molecular formula is C15H19NO3S3. The number of hydrogen-bond donors (Lipinski definition) is 0. The third-order valence-electron chi connectivity index (χ3n) is 3.77. The van der Waals surface area contributed by atoms with Crippen LogP contribution >= 0.6 is 22.7 Å². The van der Waals surface area contributed by atoms with Crippen LogP contribution in [0.3, 0.4) is 0 Å². The fourth-order valence-electron chi connectivity index (χ4n) is 2.61. The Kier molecular flexibility index (Phi) is 4.99. The van der Waals surface area contributed by atoms with Crippen LogP contribution in [0.25, 0.3) is 0 Å². The van der Waals surface area contributed by atoms with E-state index in [1.165, 1.54) is 11.3 Å². The average Bonchev–Trinajstić information content (AvgIpc) is 3.17. The van der Waals surface area contributed by atoms with Crippen molar-refractivity contribution in [2.75, 3.05) is 13.2 Å².